The third-order valence-corrected chi connectivity index (χ3v) is 5.29. The second kappa shape index (κ2) is 5.82. The minimum absolute atomic E-state index is 0.123. The summed E-state index contributed by atoms with van der Waals surface area (Å²) in [5, 5.41) is 0.728. The van der Waals surface area contributed by atoms with Gasteiger partial charge in [-0.2, -0.15) is 0 Å². The number of benzene rings is 2. The van der Waals surface area contributed by atoms with Crippen molar-refractivity contribution in [1.82, 2.24) is 0 Å². The number of carbonyl (C=O) groups excluding carboxylic acids is 1. The molecule has 2 aliphatic rings. The molecule has 2 aromatic rings. The molecule has 2 atom stereocenters. The summed E-state index contributed by atoms with van der Waals surface area (Å²) in [6.45, 7) is 0. The van der Waals surface area contributed by atoms with E-state index in [4.69, 9.17) is 11.6 Å². The second-order valence-electron chi connectivity index (χ2n) is 6.24. The van der Waals surface area contributed by atoms with Crippen LogP contribution in [-0.2, 0) is 11.2 Å². The Kier molecular flexibility index (Phi) is 3.66. The lowest BCUT2D eigenvalue weighted by molar-refractivity contribution is -0.105. The maximum atomic E-state index is 11.6. The highest BCUT2D eigenvalue weighted by atomic mass is 35.5. The molecular formula is C21H17ClO. The van der Waals surface area contributed by atoms with E-state index in [-0.39, 0.29) is 5.92 Å². The summed E-state index contributed by atoms with van der Waals surface area (Å²) < 4.78 is 0. The van der Waals surface area contributed by atoms with Crippen molar-refractivity contribution in [3.8, 4) is 0 Å². The molecule has 4 rings (SSSR count). The average molecular weight is 321 g/mol. The van der Waals surface area contributed by atoms with Gasteiger partial charge in [-0.3, -0.25) is 4.79 Å². The molecule has 0 spiro atoms. The number of aldehydes is 1. The molecule has 2 aromatic carbocycles. The number of hydrogen-bond acceptors (Lipinski definition) is 1. The molecule has 23 heavy (non-hydrogen) atoms. The van der Waals surface area contributed by atoms with Crippen molar-refractivity contribution in [2.75, 3.05) is 0 Å². The monoisotopic (exact) mass is 320 g/mol. The van der Waals surface area contributed by atoms with Crippen LogP contribution >= 0.6 is 11.6 Å². The number of hydrogen-bond donors (Lipinski definition) is 0. The van der Waals surface area contributed by atoms with Gasteiger partial charge >= 0.3 is 0 Å². The number of rotatable bonds is 2. The molecule has 0 saturated heterocycles. The molecule has 0 bridgehead atoms. The average Bonchev–Trinajstić information content (AvgIpc) is 2.61. The van der Waals surface area contributed by atoms with Crippen LogP contribution in [0.15, 0.2) is 66.3 Å². The Morgan fingerprint density at radius 3 is 2.57 bits per heavy atom. The van der Waals surface area contributed by atoms with Crippen molar-refractivity contribution >= 4 is 23.5 Å². The van der Waals surface area contributed by atoms with Crippen LogP contribution in [0.2, 0.25) is 5.02 Å². The fourth-order valence-corrected chi connectivity index (χ4v) is 4.10. The van der Waals surface area contributed by atoms with Crippen LogP contribution in [0.5, 0.6) is 0 Å². The molecule has 0 N–H and O–H groups in total. The highest BCUT2D eigenvalue weighted by Crippen LogP contribution is 2.48. The van der Waals surface area contributed by atoms with Gasteiger partial charge in [-0.25, -0.2) is 0 Å². The SMILES string of the molecule is O=CC1=CC=C2c3ccccc3CC[C@H]2[C@@H]1c1ccc(Cl)cc1. The van der Waals surface area contributed by atoms with Crippen molar-refractivity contribution in [3.05, 3.63) is 88.0 Å². The molecule has 2 aliphatic carbocycles. The Bertz CT molecular complexity index is 814. The third kappa shape index (κ3) is 2.46. The maximum absolute atomic E-state index is 11.6. The molecule has 0 amide bonds. The molecule has 0 heterocycles. The van der Waals surface area contributed by atoms with E-state index in [2.05, 4.69) is 30.3 Å². The zero-order valence-electron chi connectivity index (χ0n) is 12.7. The Labute approximate surface area is 141 Å². The van der Waals surface area contributed by atoms with Gasteiger partial charge in [-0.05, 0) is 58.7 Å². The molecule has 1 nitrogen and oxygen atoms in total. The van der Waals surface area contributed by atoms with Gasteiger partial charge in [0.15, 0.2) is 0 Å². The molecule has 0 radical (unpaired) electrons. The lowest BCUT2D eigenvalue weighted by atomic mass is 9.67. The van der Waals surface area contributed by atoms with Crippen LogP contribution in [0.1, 0.15) is 29.0 Å². The van der Waals surface area contributed by atoms with Gasteiger partial charge in [0.1, 0.15) is 6.29 Å². The molecule has 0 aliphatic heterocycles. The van der Waals surface area contributed by atoms with Crippen LogP contribution in [0, 0.1) is 5.92 Å². The lowest BCUT2D eigenvalue weighted by Crippen LogP contribution is -2.24. The fourth-order valence-electron chi connectivity index (χ4n) is 3.98. The number of fused-ring (bicyclic) bond motifs is 3. The minimum atomic E-state index is 0.123. The van der Waals surface area contributed by atoms with Crippen LogP contribution in [0.3, 0.4) is 0 Å². The van der Waals surface area contributed by atoms with Crippen molar-refractivity contribution in [3.63, 3.8) is 0 Å². The van der Waals surface area contributed by atoms with Gasteiger partial charge < -0.3 is 0 Å². The van der Waals surface area contributed by atoms with Gasteiger partial charge in [-0.1, -0.05) is 60.2 Å². The van der Waals surface area contributed by atoms with E-state index in [0.29, 0.717) is 5.92 Å². The summed E-state index contributed by atoms with van der Waals surface area (Å²) >= 11 is 6.03. The largest absolute Gasteiger partial charge is 0.298 e. The van der Waals surface area contributed by atoms with Crippen LogP contribution < -0.4 is 0 Å². The summed E-state index contributed by atoms with van der Waals surface area (Å²) in [5.41, 5.74) is 6.14. The van der Waals surface area contributed by atoms with Gasteiger partial charge in [0.2, 0.25) is 0 Å². The number of halogens is 1. The van der Waals surface area contributed by atoms with E-state index in [0.717, 1.165) is 29.7 Å². The third-order valence-electron chi connectivity index (χ3n) is 5.03. The number of carbonyl (C=O) groups is 1. The first kappa shape index (κ1) is 14.5. The highest BCUT2D eigenvalue weighted by Gasteiger charge is 2.35. The summed E-state index contributed by atoms with van der Waals surface area (Å²) in [7, 11) is 0. The van der Waals surface area contributed by atoms with Crippen LogP contribution in [0.4, 0.5) is 0 Å². The van der Waals surface area contributed by atoms with E-state index in [1.807, 2.05) is 30.3 Å². The van der Waals surface area contributed by atoms with Crippen molar-refractivity contribution < 1.29 is 4.79 Å². The number of allylic oxidation sites excluding steroid dienone is 4. The summed E-state index contributed by atoms with van der Waals surface area (Å²) in [4.78, 5) is 11.6. The van der Waals surface area contributed by atoms with Gasteiger partial charge in [0, 0.05) is 10.9 Å². The Morgan fingerprint density at radius 2 is 1.78 bits per heavy atom. The Balaban J connectivity index is 1.83. The Hall–Kier alpha value is -2.12. The predicted octanol–water partition coefficient (Wildman–Crippen LogP) is 5.21. The minimum Gasteiger partial charge on any atom is -0.298 e. The van der Waals surface area contributed by atoms with Crippen molar-refractivity contribution in [2.45, 2.75) is 18.8 Å². The smallest absolute Gasteiger partial charge is 0.146 e. The van der Waals surface area contributed by atoms with E-state index in [1.54, 1.807) is 0 Å². The molecule has 0 saturated carbocycles. The van der Waals surface area contributed by atoms with E-state index in [9.17, 15) is 4.79 Å². The summed E-state index contributed by atoms with van der Waals surface area (Å²) in [6.07, 6.45) is 7.27. The fraction of sp³-hybridized carbons (Fsp3) is 0.190. The van der Waals surface area contributed by atoms with Crippen molar-refractivity contribution in [1.29, 1.82) is 0 Å². The quantitative estimate of drug-likeness (QED) is 0.694. The summed E-state index contributed by atoms with van der Waals surface area (Å²) in [6, 6.07) is 16.5. The first-order valence-electron chi connectivity index (χ1n) is 7.98. The highest BCUT2D eigenvalue weighted by molar-refractivity contribution is 6.30. The van der Waals surface area contributed by atoms with E-state index >= 15 is 0 Å². The van der Waals surface area contributed by atoms with E-state index in [1.165, 1.54) is 22.3 Å². The number of aryl methyl sites for hydroxylation is 1. The molecular weight excluding hydrogens is 304 g/mol. The maximum Gasteiger partial charge on any atom is 0.146 e. The lowest BCUT2D eigenvalue weighted by Gasteiger charge is -2.37. The topological polar surface area (TPSA) is 17.1 Å². The van der Waals surface area contributed by atoms with Crippen LogP contribution in [0.25, 0.3) is 5.57 Å². The van der Waals surface area contributed by atoms with Crippen LogP contribution in [-0.4, -0.2) is 6.29 Å². The summed E-state index contributed by atoms with van der Waals surface area (Å²) in [5.74, 6) is 0.481. The first-order chi connectivity index (χ1) is 11.3. The zero-order valence-corrected chi connectivity index (χ0v) is 13.5. The molecule has 114 valence electrons. The van der Waals surface area contributed by atoms with Gasteiger partial charge in [0.05, 0.1) is 0 Å². The van der Waals surface area contributed by atoms with Crippen molar-refractivity contribution in [2.24, 2.45) is 5.92 Å². The second-order valence-corrected chi connectivity index (χ2v) is 6.67. The molecule has 0 fully saturated rings. The zero-order chi connectivity index (χ0) is 15.8. The van der Waals surface area contributed by atoms with Gasteiger partial charge in [0.25, 0.3) is 0 Å². The predicted molar refractivity (Wildman–Crippen MR) is 94.6 cm³/mol. The normalized spacial score (nSPS) is 22.5. The molecule has 0 unspecified atom stereocenters. The Morgan fingerprint density at radius 1 is 1.00 bits per heavy atom. The molecule has 0 aromatic heterocycles. The van der Waals surface area contributed by atoms with E-state index < -0.39 is 0 Å². The first-order valence-corrected chi connectivity index (χ1v) is 8.36. The van der Waals surface area contributed by atoms with Gasteiger partial charge in [-0.15, -0.1) is 0 Å². The molecule has 2 heteroatoms. The standard InChI is InChI=1S/C21H17ClO/c22-17-9-5-15(6-10-17)21-16(13-23)8-11-19-18-4-2-1-3-14(18)7-12-20(19)21/h1-6,8-11,13,20-21H,7,12H2/t20-,21-/m1/s1.